The number of carbonyl (C=O) groups is 1. The van der Waals surface area contributed by atoms with Crippen LogP contribution in [0.1, 0.15) is 23.7 Å². The Morgan fingerprint density at radius 2 is 2.15 bits per heavy atom. The maximum atomic E-state index is 12.7. The quantitative estimate of drug-likeness (QED) is 0.738. The predicted octanol–water partition coefficient (Wildman–Crippen LogP) is 2.70. The van der Waals surface area contributed by atoms with Gasteiger partial charge < -0.3 is 14.4 Å². The molecule has 2 heterocycles. The number of hydrogen-bond donors (Lipinski definition) is 0. The third-order valence-electron chi connectivity index (χ3n) is 3.88. The minimum Gasteiger partial charge on any atom is -0.486 e. The molecular formula is C15H18BrNO3. The summed E-state index contributed by atoms with van der Waals surface area (Å²) in [7, 11) is 0. The van der Waals surface area contributed by atoms with E-state index in [1.165, 1.54) is 0 Å². The third kappa shape index (κ3) is 2.51. The van der Waals surface area contributed by atoms with Crippen molar-refractivity contribution in [2.24, 2.45) is 5.92 Å². The minimum atomic E-state index is 0.0404. The fraction of sp³-hybridized carbons (Fsp3) is 0.533. The van der Waals surface area contributed by atoms with Gasteiger partial charge in [0.1, 0.15) is 13.2 Å². The number of ether oxygens (including phenoxy) is 2. The highest BCUT2D eigenvalue weighted by molar-refractivity contribution is 9.09. The molecule has 1 amide bonds. The second kappa shape index (κ2) is 5.64. The Morgan fingerprint density at radius 1 is 1.35 bits per heavy atom. The van der Waals surface area contributed by atoms with Crippen LogP contribution < -0.4 is 9.47 Å². The van der Waals surface area contributed by atoms with Crippen LogP contribution in [0, 0.1) is 5.92 Å². The number of benzene rings is 1. The van der Waals surface area contributed by atoms with Crippen LogP contribution in [0.4, 0.5) is 0 Å². The van der Waals surface area contributed by atoms with Gasteiger partial charge in [-0.3, -0.25) is 4.79 Å². The summed E-state index contributed by atoms with van der Waals surface area (Å²) in [5, 5.41) is 0. The molecule has 108 valence electrons. The van der Waals surface area contributed by atoms with E-state index in [0.29, 0.717) is 41.0 Å². The summed E-state index contributed by atoms with van der Waals surface area (Å²) >= 11 is 3.66. The van der Waals surface area contributed by atoms with E-state index in [4.69, 9.17) is 9.47 Å². The van der Waals surface area contributed by atoms with Crippen molar-refractivity contribution in [1.82, 2.24) is 4.90 Å². The van der Waals surface area contributed by atoms with Crippen LogP contribution in [0.5, 0.6) is 11.5 Å². The average Bonchev–Trinajstić information content (AvgIpc) is 2.49. The van der Waals surface area contributed by atoms with Crippen LogP contribution in [0.25, 0.3) is 0 Å². The molecule has 1 saturated heterocycles. The summed E-state index contributed by atoms with van der Waals surface area (Å²) < 4.78 is 11.2. The van der Waals surface area contributed by atoms with Crippen molar-refractivity contribution in [3.05, 3.63) is 23.8 Å². The molecule has 20 heavy (non-hydrogen) atoms. The van der Waals surface area contributed by atoms with Crippen molar-refractivity contribution in [3.63, 3.8) is 0 Å². The molecule has 1 aromatic rings. The van der Waals surface area contributed by atoms with Crippen molar-refractivity contribution < 1.29 is 14.3 Å². The molecule has 0 aromatic heterocycles. The van der Waals surface area contributed by atoms with Crippen LogP contribution in [0.3, 0.4) is 0 Å². The lowest BCUT2D eigenvalue weighted by molar-refractivity contribution is 0.0680. The highest BCUT2D eigenvalue weighted by Crippen LogP contribution is 2.35. The number of halogens is 1. The van der Waals surface area contributed by atoms with Gasteiger partial charge >= 0.3 is 0 Å². The van der Waals surface area contributed by atoms with Gasteiger partial charge in [-0.2, -0.15) is 0 Å². The molecular weight excluding hydrogens is 322 g/mol. The van der Waals surface area contributed by atoms with Crippen LogP contribution in [0.2, 0.25) is 0 Å². The maximum absolute atomic E-state index is 12.7. The summed E-state index contributed by atoms with van der Waals surface area (Å²) in [6, 6.07) is 5.51. The van der Waals surface area contributed by atoms with Crippen LogP contribution in [-0.2, 0) is 0 Å². The van der Waals surface area contributed by atoms with Crippen molar-refractivity contribution in [3.8, 4) is 11.5 Å². The van der Waals surface area contributed by atoms with E-state index in [1.807, 2.05) is 23.1 Å². The maximum Gasteiger partial charge on any atom is 0.257 e. The van der Waals surface area contributed by atoms with E-state index in [1.54, 1.807) is 0 Å². The fourth-order valence-corrected chi connectivity index (χ4v) is 3.09. The molecule has 1 aromatic carbocycles. The Kier molecular flexibility index (Phi) is 3.87. The van der Waals surface area contributed by atoms with Crippen LogP contribution in [0.15, 0.2) is 18.2 Å². The molecule has 0 radical (unpaired) electrons. The molecule has 5 heteroatoms. The average molecular weight is 340 g/mol. The lowest BCUT2D eigenvalue weighted by Gasteiger charge is -2.35. The van der Waals surface area contributed by atoms with Gasteiger partial charge in [0.25, 0.3) is 5.91 Å². The van der Waals surface area contributed by atoms with Gasteiger partial charge in [0.15, 0.2) is 11.5 Å². The normalized spacial score (nSPS) is 25.4. The largest absolute Gasteiger partial charge is 0.486 e. The zero-order chi connectivity index (χ0) is 14.1. The van der Waals surface area contributed by atoms with Crippen molar-refractivity contribution in [2.45, 2.75) is 18.2 Å². The Balaban J connectivity index is 1.84. The smallest absolute Gasteiger partial charge is 0.257 e. The van der Waals surface area contributed by atoms with E-state index >= 15 is 0 Å². The molecule has 4 nitrogen and oxygen atoms in total. The lowest BCUT2D eigenvalue weighted by Crippen LogP contribution is -2.43. The SMILES string of the molecule is CC1CN(C(=O)c2cccc3c2OCCO3)CCC1Br. The topological polar surface area (TPSA) is 38.8 Å². The zero-order valence-corrected chi connectivity index (χ0v) is 13.1. The molecule has 0 N–H and O–H groups in total. The van der Waals surface area contributed by atoms with Gasteiger partial charge in [0.05, 0.1) is 5.56 Å². The van der Waals surface area contributed by atoms with Gasteiger partial charge in [-0.05, 0) is 24.5 Å². The highest BCUT2D eigenvalue weighted by atomic mass is 79.9. The first kappa shape index (κ1) is 13.7. The van der Waals surface area contributed by atoms with Gasteiger partial charge in [-0.25, -0.2) is 0 Å². The number of amides is 1. The van der Waals surface area contributed by atoms with E-state index in [0.717, 1.165) is 19.5 Å². The first-order chi connectivity index (χ1) is 9.66. The van der Waals surface area contributed by atoms with Gasteiger partial charge in [-0.1, -0.05) is 28.9 Å². The molecule has 0 bridgehead atoms. The number of nitrogens with zero attached hydrogens (tertiary/aromatic N) is 1. The molecule has 0 spiro atoms. The minimum absolute atomic E-state index is 0.0404. The molecule has 2 atom stereocenters. The number of alkyl halides is 1. The Bertz CT molecular complexity index is 520. The molecule has 2 aliphatic rings. The number of para-hydroxylation sites is 1. The van der Waals surface area contributed by atoms with E-state index in [-0.39, 0.29) is 5.91 Å². The molecule has 0 saturated carbocycles. The van der Waals surface area contributed by atoms with E-state index in [9.17, 15) is 4.79 Å². The van der Waals surface area contributed by atoms with E-state index in [2.05, 4.69) is 22.9 Å². The number of fused-ring (bicyclic) bond motifs is 1. The summed E-state index contributed by atoms with van der Waals surface area (Å²) in [5.41, 5.74) is 0.613. The first-order valence-electron chi connectivity index (χ1n) is 6.99. The standard InChI is InChI=1S/C15H18BrNO3/c1-10-9-17(6-5-12(10)16)15(18)11-3-2-4-13-14(11)20-8-7-19-13/h2-4,10,12H,5-9H2,1H3. The molecule has 0 aliphatic carbocycles. The Hall–Kier alpha value is -1.23. The summed E-state index contributed by atoms with van der Waals surface area (Å²) in [4.78, 5) is 15.1. The Labute approximate surface area is 127 Å². The first-order valence-corrected chi connectivity index (χ1v) is 7.90. The number of carbonyl (C=O) groups excluding carboxylic acids is 1. The fourth-order valence-electron chi connectivity index (χ4n) is 2.71. The number of rotatable bonds is 1. The molecule has 3 rings (SSSR count). The summed E-state index contributed by atoms with van der Waals surface area (Å²) in [6.45, 7) is 4.76. The predicted molar refractivity (Wildman–Crippen MR) is 79.8 cm³/mol. The number of hydrogen-bond acceptors (Lipinski definition) is 3. The monoisotopic (exact) mass is 339 g/mol. The Morgan fingerprint density at radius 3 is 2.95 bits per heavy atom. The number of piperidine rings is 1. The van der Waals surface area contributed by atoms with Crippen molar-refractivity contribution in [2.75, 3.05) is 26.3 Å². The van der Waals surface area contributed by atoms with E-state index < -0.39 is 0 Å². The lowest BCUT2D eigenvalue weighted by atomic mass is 9.99. The van der Waals surface area contributed by atoms with Crippen molar-refractivity contribution in [1.29, 1.82) is 0 Å². The molecule has 2 aliphatic heterocycles. The van der Waals surface area contributed by atoms with Crippen LogP contribution in [-0.4, -0.2) is 41.9 Å². The molecule has 1 fully saturated rings. The van der Waals surface area contributed by atoms with Gasteiger partial charge in [0.2, 0.25) is 0 Å². The summed E-state index contributed by atoms with van der Waals surface area (Å²) in [5.74, 6) is 1.77. The third-order valence-corrected chi connectivity index (χ3v) is 5.24. The highest BCUT2D eigenvalue weighted by Gasteiger charge is 2.30. The van der Waals surface area contributed by atoms with Crippen LogP contribution >= 0.6 is 15.9 Å². The second-order valence-electron chi connectivity index (χ2n) is 5.36. The second-order valence-corrected chi connectivity index (χ2v) is 6.54. The summed E-state index contributed by atoms with van der Waals surface area (Å²) in [6.07, 6.45) is 0.985. The number of likely N-dealkylation sites (tertiary alicyclic amines) is 1. The van der Waals surface area contributed by atoms with Gasteiger partial charge in [0, 0.05) is 17.9 Å². The molecule has 2 unspecified atom stereocenters. The zero-order valence-electron chi connectivity index (χ0n) is 11.5. The van der Waals surface area contributed by atoms with Gasteiger partial charge in [-0.15, -0.1) is 0 Å². The van der Waals surface area contributed by atoms with Crippen molar-refractivity contribution >= 4 is 21.8 Å².